The largest absolute Gasteiger partial charge is 0.480 e. The van der Waals surface area contributed by atoms with Crippen LogP contribution in [-0.2, 0) is 73.5 Å². The van der Waals surface area contributed by atoms with Gasteiger partial charge in [-0.2, -0.15) is 11.8 Å². The zero-order chi connectivity index (χ0) is 88.0. The van der Waals surface area contributed by atoms with Crippen molar-refractivity contribution in [1.82, 2.24) is 89.2 Å². The number of aromatic nitrogens is 1. The smallest absolute Gasteiger partial charge is 0.326 e. The van der Waals surface area contributed by atoms with Crippen molar-refractivity contribution in [3.63, 3.8) is 0 Å². The number of hydrogen-bond donors (Lipinski definition) is 24. The van der Waals surface area contributed by atoms with Crippen LogP contribution in [0.25, 0.3) is 10.9 Å². The number of benzene rings is 1. The summed E-state index contributed by atoms with van der Waals surface area (Å²) in [5.41, 5.74) is 47.4. The number of nitrogens with zero attached hydrogens (tertiary/aromatic N) is 2. The third-order valence-corrected chi connectivity index (χ3v) is 21.1. The number of fused-ring (bicyclic) bond motifs is 1. The molecule has 2 fully saturated rings. The number of aromatic amines is 1. The number of para-hydroxylation sites is 1. The van der Waals surface area contributed by atoms with E-state index in [0.29, 0.717) is 44.2 Å². The molecule has 4 rings (SSSR count). The molecule has 40 nitrogen and oxygen atoms in total. The van der Waals surface area contributed by atoms with E-state index in [1.54, 1.807) is 67.0 Å². The van der Waals surface area contributed by atoms with Gasteiger partial charge in [0.1, 0.15) is 91.4 Å². The molecule has 0 spiro atoms. The topological polar surface area (TPSA) is 658 Å². The summed E-state index contributed by atoms with van der Waals surface area (Å²) < 4.78 is 0. The predicted octanol–water partition coefficient (Wildman–Crippen LogP) is -4.91. The minimum atomic E-state index is -1.59. The molecule has 0 saturated carbocycles. The Morgan fingerprint density at radius 1 is 0.492 bits per heavy atom. The highest BCUT2D eigenvalue weighted by Crippen LogP contribution is 2.25. The Kier molecular flexibility index (Phi) is 45.1. The van der Waals surface area contributed by atoms with Crippen LogP contribution >= 0.6 is 11.8 Å². The molecule has 1 aromatic heterocycles. The molecule has 118 heavy (non-hydrogen) atoms. The third kappa shape index (κ3) is 34.2. The van der Waals surface area contributed by atoms with E-state index in [9.17, 15) is 67.4 Å². The molecule has 41 heteroatoms. The Hall–Kier alpha value is -8.75. The van der Waals surface area contributed by atoms with Gasteiger partial charge >= 0.3 is 5.97 Å². The third-order valence-electron chi connectivity index (χ3n) is 20.5. The van der Waals surface area contributed by atoms with Gasteiger partial charge in [-0.15, -0.1) is 0 Å². The maximum absolute atomic E-state index is 15.2. The lowest BCUT2D eigenvalue weighted by molar-refractivity contribution is -0.143. The fourth-order valence-electron chi connectivity index (χ4n) is 13.9. The van der Waals surface area contributed by atoms with Crippen molar-refractivity contribution in [2.24, 2.45) is 69.5 Å². The summed E-state index contributed by atoms with van der Waals surface area (Å²) in [6, 6.07) is -9.38. The van der Waals surface area contributed by atoms with E-state index in [2.05, 4.69) is 79.4 Å². The number of thioether (sulfide) groups is 1. The summed E-state index contributed by atoms with van der Waals surface area (Å²) in [6.07, 6.45) is 4.16. The van der Waals surface area contributed by atoms with Crippen molar-refractivity contribution in [2.75, 3.05) is 57.8 Å². The number of likely N-dealkylation sites (tertiary alicyclic amines) is 2. The van der Waals surface area contributed by atoms with Gasteiger partial charge in [0.2, 0.25) is 76.8 Å². The van der Waals surface area contributed by atoms with Crippen LogP contribution in [0.1, 0.15) is 171 Å². The first-order chi connectivity index (χ1) is 55.8. The molecule has 666 valence electrons. The zero-order valence-corrected chi connectivity index (χ0v) is 71.0. The number of nitrogens with two attached hydrogens (primary N) is 8. The van der Waals surface area contributed by atoms with Crippen LogP contribution < -0.4 is 120 Å². The minimum absolute atomic E-state index is 0.00322. The minimum Gasteiger partial charge on any atom is -0.480 e. The molecule has 0 radical (unpaired) electrons. The molecule has 3 heterocycles. The van der Waals surface area contributed by atoms with Crippen molar-refractivity contribution in [1.29, 1.82) is 0 Å². The lowest BCUT2D eigenvalue weighted by Crippen LogP contribution is -2.63. The second kappa shape index (κ2) is 52.3. The number of carbonyl (C=O) groups is 14. The van der Waals surface area contributed by atoms with Gasteiger partial charge in [0.05, 0.1) is 6.04 Å². The normalized spacial score (nSPS) is 17.1. The molecule has 2 aromatic rings. The number of amides is 13. The molecule has 32 N–H and O–H groups in total. The molecule has 2 aliphatic rings. The van der Waals surface area contributed by atoms with E-state index in [1.807, 2.05) is 32.0 Å². The summed E-state index contributed by atoms with van der Waals surface area (Å²) in [6.45, 7) is 15.9. The number of aliphatic carboxylic acids is 1. The van der Waals surface area contributed by atoms with Crippen LogP contribution in [0.5, 0.6) is 0 Å². The number of carboxylic acid groups (broad SMARTS) is 1. The van der Waals surface area contributed by atoms with Gasteiger partial charge in [0, 0.05) is 49.6 Å². The molecule has 13 amide bonds. The van der Waals surface area contributed by atoms with Crippen LogP contribution in [0.4, 0.5) is 0 Å². The van der Waals surface area contributed by atoms with Crippen molar-refractivity contribution in [3.05, 3.63) is 36.0 Å². The summed E-state index contributed by atoms with van der Waals surface area (Å²) >= 11 is 1.33. The summed E-state index contributed by atoms with van der Waals surface area (Å²) in [7, 11) is 0. The van der Waals surface area contributed by atoms with Crippen LogP contribution in [-0.4, -0.2) is 258 Å². The summed E-state index contributed by atoms with van der Waals surface area (Å²) in [5, 5.41) is 49.4. The quantitative estimate of drug-likeness (QED) is 0.0218. The van der Waals surface area contributed by atoms with Gasteiger partial charge in [-0.1, -0.05) is 86.9 Å². The van der Waals surface area contributed by atoms with Gasteiger partial charge in [-0.3, -0.25) is 78.3 Å². The van der Waals surface area contributed by atoms with Gasteiger partial charge in [0.25, 0.3) is 0 Å². The Morgan fingerprint density at radius 3 is 1.40 bits per heavy atom. The lowest BCUT2D eigenvalue weighted by Gasteiger charge is -2.32. The first kappa shape index (κ1) is 102. The van der Waals surface area contributed by atoms with E-state index in [4.69, 9.17) is 45.9 Å². The van der Waals surface area contributed by atoms with Crippen LogP contribution in [0.15, 0.2) is 30.5 Å². The monoisotopic (exact) mass is 1680 g/mol. The van der Waals surface area contributed by atoms with E-state index in [1.165, 1.54) is 21.6 Å². The Balaban J connectivity index is 1.60. The van der Waals surface area contributed by atoms with E-state index in [0.717, 1.165) is 10.9 Å². The SMILES string of the molecule is CCC(=O)NC[C@H](NC(=O)[C@@H](NC(=O)[C@@H]1CCCN1C(=O)[C@H](CCCNC(N)N)NC(=O)[C@H](CC(C)C)NC(=O)[C@@H](N)CCCCN)C(C)C)C(=O)N[C@@H](CCSC)C(=O)N[C@H](C(=O)N[C@@H](CCCNC(N)N)C(=O)N1CCC[C@H]1C(=O)N[C@@H](Cc1c[nH]c2ccccc12)C(=O)N[C@H](C(=O)N[C@@H](CCCNC(N)N)C(=O)O)C(C)C)C(C)C. The number of unbranched alkanes of at least 4 members (excludes halogenated alkanes) is 1. The lowest BCUT2D eigenvalue weighted by atomic mass is 9.99. The van der Waals surface area contributed by atoms with Crippen molar-refractivity contribution in [2.45, 2.75) is 269 Å². The Morgan fingerprint density at radius 2 is 0.924 bits per heavy atom. The zero-order valence-electron chi connectivity index (χ0n) is 70.2. The Labute approximate surface area is 696 Å². The Bertz CT molecular complexity index is 3590. The van der Waals surface area contributed by atoms with Crippen molar-refractivity contribution >= 4 is 105 Å². The van der Waals surface area contributed by atoms with E-state index in [-0.39, 0.29) is 121 Å². The average Bonchev–Trinajstić information content (AvgIpc) is 1.63. The first-order valence-electron chi connectivity index (χ1n) is 41.2. The number of rotatable bonds is 55. The standard InChI is InChI=1S/C77H137N25O15S/c1-11-58(103)90-40-55(97-71(113)61(44(8)9)100-68(110)57-28-20-35-102(57)72(114)50(24-16-31-86-75(80)81)92-64(106)53(37-41(2)3)95-62(104)47(79)22-14-15-30-78)66(108)91-49(29-36-118-10)63(105)98-59(42(4)5)69(111)93-51(25-17-32-87-76(82)83)73(115)101-34-19-27-56(101)67(109)96-54(38-45-39-89-48-23-13-12-21-46(45)48)65(107)99-60(43(6)7)70(112)94-52(74(116)117)26-18-33-88-77(84)85/h12-13,21,23,39,41-44,47,49-57,59-61,75-77,86-89H,11,14-20,22,24-38,40,78-85H2,1-10H3,(H,90,103)(H,91,108)(H,92,106)(H,93,111)(H,94,112)(H,95,104)(H,96,109)(H,97,113)(H,98,105)(H,99,107)(H,100,110)(H,116,117)/t47-,49-,50-,51-,52-,53-,54-,55-,56-,57-,59-,60-,61-/m0/s1. The molecule has 0 bridgehead atoms. The fourth-order valence-corrected chi connectivity index (χ4v) is 14.3. The molecule has 13 atom stereocenters. The van der Waals surface area contributed by atoms with Gasteiger partial charge in [-0.25, -0.2) is 4.79 Å². The number of carboxylic acids is 1. The second-order valence-corrected chi connectivity index (χ2v) is 32.7. The van der Waals surface area contributed by atoms with Crippen LogP contribution in [0.3, 0.4) is 0 Å². The highest BCUT2D eigenvalue weighted by molar-refractivity contribution is 7.98. The maximum atomic E-state index is 15.2. The van der Waals surface area contributed by atoms with E-state index < -0.39 is 204 Å². The molecule has 2 saturated heterocycles. The molecule has 2 aliphatic heterocycles. The average molecular weight is 1690 g/mol. The molecule has 0 unspecified atom stereocenters. The summed E-state index contributed by atoms with van der Waals surface area (Å²) in [5.74, 6) is -12.5. The fraction of sp³-hybridized carbons (Fsp3) is 0.714. The number of nitrogens with one attached hydrogen (secondary N) is 15. The predicted molar refractivity (Wildman–Crippen MR) is 448 cm³/mol. The summed E-state index contributed by atoms with van der Waals surface area (Å²) in [4.78, 5) is 206. The highest BCUT2D eigenvalue weighted by atomic mass is 32.2. The number of carbonyl (C=O) groups excluding carboxylic acids is 13. The molecule has 1 aromatic carbocycles. The number of H-pyrrole nitrogens is 1. The molecular weight excluding hydrogens is 1550 g/mol. The van der Waals surface area contributed by atoms with Gasteiger partial charge in [-0.05, 0) is 163 Å². The van der Waals surface area contributed by atoms with Crippen molar-refractivity contribution in [3.8, 4) is 0 Å². The van der Waals surface area contributed by atoms with Crippen LogP contribution in [0, 0.1) is 23.7 Å². The van der Waals surface area contributed by atoms with E-state index >= 15 is 4.79 Å². The van der Waals surface area contributed by atoms with Gasteiger partial charge in [0.15, 0.2) is 0 Å². The van der Waals surface area contributed by atoms with Crippen LogP contribution in [0.2, 0.25) is 0 Å². The molecule has 0 aliphatic carbocycles. The highest BCUT2D eigenvalue weighted by Gasteiger charge is 2.44. The van der Waals surface area contributed by atoms with Gasteiger partial charge < -0.3 is 124 Å². The number of hydrogen-bond acceptors (Lipinski definition) is 26. The first-order valence-corrected chi connectivity index (χ1v) is 42.6. The van der Waals surface area contributed by atoms with Crippen molar-refractivity contribution < 1.29 is 72.2 Å². The maximum Gasteiger partial charge on any atom is 0.326 e. The second-order valence-electron chi connectivity index (χ2n) is 31.7. The molecular formula is C77H137N25O15S.